The molecule has 9 nitrogen and oxygen atoms in total. The van der Waals surface area contributed by atoms with Crippen LogP contribution in [0.15, 0.2) is 30.5 Å². The molecule has 1 aromatic carbocycles. The summed E-state index contributed by atoms with van der Waals surface area (Å²) in [6.45, 7) is 4.46. The van der Waals surface area contributed by atoms with E-state index in [1.54, 1.807) is 19.1 Å². The Hall–Kier alpha value is -2.59. The SMILES string of the molecule is CCCCCOC1C(Cc2ccc(Cl)cc2Cl)COCC(NC(=O)c2nccc(OC)c2O)C(=O)OC1C. The number of ether oxygens (including phenoxy) is 4. The largest absolute Gasteiger partial charge is 0.503 e. The van der Waals surface area contributed by atoms with Crippen LogP contribution in [0, 0.1) is 5.92 Å². The highest BCUT2D eigenvalue weighted by molar-refractivity contribution is 6.35. The Morgan fingerprint density at radius 3 is 2.74 bits per heavy atom. The first-order chi connectivity index (χ1) is 18.2. The van der Waals surface area contributed by atoms with Crippen molar-refractivity contribution in [3.63, 3.8) is 0 Å². The van der Waals surface area contributed by atoms with Crippen LogP contribution in [0.3, 0.4) is 0 Å². The Morgan fingerprint density at radius 2 is 2.03 bits per heavy atom. The fourth-order valence-corrected chi connectivity index (χ4v) is 4.78. The summed E-state index contributed by atoms with van der Waals surface area (Å²) < 4.78 is 23.0. The maximum atomic E-state index is 13.1. The molecule has 2 heterocycles. The quantitative estimate of drug-likeness (QED) is 0.315. The lowest BCUT2D eigenvalue weighted by Gasteiger charge is -2.31. The van der Waals surface area contributed by atoms with Crippen molar-refractivity contribution in [2.24, 2.45) is 5.92 Å². The van der Waals surface area contributed by atoms with Gasteiger partial charge in [0.1, 0.15) is 6.10 Å². The molecule has 1 aliphatic heterocycles. The number of amides is 1. The van der Waals surface area contributed by atoms with Gasteiger partial charge in [-0.25, -0.2) is 9.78 Å². The van der Waals surface area contributed by atoms with Gasteiger partial charge in [0.05, 0.1) is 26.4 Å². The van der Waals surface area contributed by atoms with Crippen molar-refractivity contribution in [2.75, 3.05) is 26.9 Å². The Bertz CT molecular complexity index is 1100. The van der Waals surface area contributed by atoms with Crippen LogP contribution in [0.2, 0.25) is 10.0 Å². The van der Waals surface area contributed by atoms with Crippen molar-refractivity contribution >= 4 is 35.1 Å². The molecule has 1 saturated heterocycles. The van der Waals surface area contributed by atoms with E-state index in [-0.39, 0.29) is 30.6 Å². The Kier molecular flexibility index (Phi) is 11.5. The average Bonchev–Trinajstić information content (AvgIpc) is 2.93. The molecular formula is C27H34Cl2N2O7. The molecule has 38 heavy (non-hydrogen) atoms. The molecular weight excluding hydrogens is 535 g/mol. The maximum Gasteiger partial charge on any atom is 0.331 e. The number of methoxy groups -OCH3 is 1. The molecule has 2 N–H and O–H groups in total. The molecule has 1 fully saturated rings. The van der Waals surface area contributed by atoms with Crippen molar-refractivity contribution in [3.05, 3.63) is 51.8 Å². The van der Waals surface area contributed by atoms with Crippen molar-refractivity contribution in [1.29, 1.82) is 0 Å². The van der Waals surface area contributed by atoms with Crippen LogP contribution in [0.1, 0.15) is 49.2 Å². The van der Waals surface area contributed by atoms with Crippen LogP contribution in [-0.4, -0.2) is 67.1 Å². The summed E-state index contributed by atoms with van der Waals surface area (Å²) in [5, 5.41) is 13.9. The van der Waals surface area contributed by atoms with E-state index in [1.807, 2.05) is 6.07 Å². The van der Waals surface area contributed by atoms with Gasteiger partial charge in [0.25, 0.3) is 5.91 Å². The zero-order valence-electron chi connectivity index (χ0n) is 21.7. The summed E-state index contributed by atoms with van der Waals surface area (Å²) in [5.74, 6) is -1.99. The van der Waals surface area contributed by atoms with Crippen LogP contribution >= 0.6 is 23.2 Å². The average molecular weight is 569 g/mol. The first-order valence-electron chi connectivity index (χ1n) is 12.6. The second kappa shape index (κ2) is 14.5. The predicted molar refractivity (Wildman–Crippen MR) is 143 cm³/mol. The van der Waals surface area contributed by atoms with Gasteiger partial charge in [-0.15, -0.1) is 0 Å². The lowest BCUT2D eigenvalue weighted by Crippen LogP contribution is -2.46. The molecule has 1 aliphatic rings. The van der Waals surface area contributed by atoms with Gasteiger partial charge in [-0.05, 0) is 37.5 Å². The first-order valence-corrected chi connectivity index (χ1v) is 13.4. The number of halogens is 2. The van der Waals surface area contributed by atoms with Gasteiger partial charge in [0.2, 0.25) is 0 Å². The van der Waals surface area contributed by atoms with E-state index in [1.165, 1.54) is 19.4 Å². The fourth-order valence-electron chi connectivity index (χ4n) is 4.30. The van der Waals surface area contributed by atoms with Crippen LogP contribution < -0.4 is 10.1 Å². The molecule has 1 aromatic heterocycles. The fraction of sp³-hybridized carbons (Fsp3) is 0.519. The topological polar surface area (TPSA) is 116 Å². The third kappa shape index (κ3) is 7.96. The number of carbonyl (C=O) groups excluding carboxylic acids is 2. The number of nitrogens with one attached hydrogen (secondary N) is 1. The number of benzene rings is 1. The predicted octanol–water partition coefficient (Wildman–Crippen LogP) is 4.60. The van der Waals surface area contributed by atoms with E-state index in [9.17, 15) is 14.7 Å². The first kappa shape index (κ1) is 30.0. The summed E-state index contributed by atoms with van der Waals surface area (Å²) in [5.41, 5.74) is 0.589. The number of aromatic hydroxyl groups is 1. The van der Waals surface area contributed by atoms with Crippen molar-refractivity contribution in [1.82, 2.24) is 10.3 Å². The van der Waals surface area contributed by atoms with Gasteiger partial charge in [-0.1, -0.05) is 49.0 Å². The zero-order chi connectivity index (χ0) is 27.7. The van der Waals surface area contributed by atoms with Gasteiger partial charge in [-0.3, -0.25) is 4.79 Å². The highest BCUT2D eigenvalue weighted by Gasteiger charge is 2.36. The Balaban J connectivity index is 1.79. The molecule has 11 heteroatoms. The summed E-state index contributed by atoms with van der Waals surface area (Å²) >= 11 is 12.5. The van der Waals surface area contributed by atoms with E-state index < -0.39 is 35.9 Å². The number of hydrogen-bond acceptors (Lipinski definition) is 8. The Labute approximate surface area is 232 Å². The standard InChI is InChI=1S/C27H34Cl2N2O7/c1-4-5-6-11-37-25-16(2)38-27(34)21(31-26(33)23-24(32)22(35-3)9-10-30-23)15-36-14-18(25)12-17-7-8-19(28)13-20(17)29/h7-10,13,16,18,21,25,32H,4-6,11-12,14-15H2,1-3H3,(H,31,33). The summed E-state index contributed by atoms with van der Waals surface area (Å²) in [7, 11) is 1.36. The lowest BCUT2D eigenvalue weighted by molar-refractivity contribution is -0.160. The number of esters is 1. The summed E-state index contributed by atoms with van der Waals surface area (Å²) in [6.07, 6.45) is 3.66. The Morgan fingerprint density at radius 1 is 1.24 bits per heavy atom. The van der Waals surface area contributed by atoms with E-state index >= 15 is 0 Å². The highest BCUT2D eigenvalue weighted by atomic mass is 35.5. The molecule has 4 atom stereocenters. The number of rotatable bonds is 10. The van der Waals surface area contributed by atoms with Crippen LogP contribution in [0.5, 0.6) is 11.5 Å². The normalized spacial score (nSPS) is 22.1. The van der Waals surface area contributed by atoms with Crippen molar-refractivity contribution in [3.8, 4) is 11.5 Å². The zero-order valence-corrected chi connectivity index (χ0v) is 23.3. The highest BCUT2D eigenvalue weighted by Crippen LogP contribution is 2.29. The van der Waals surface area contributed by atoms with E-state index in [0.717, 1.165) is 24.8 Å². The molecule has 208 valence electrons. The number of nitrogens with zero attached hydrogens (tertiary/aromatic N) is 1. The molecule has 2 aromatic rings. The van der Waals surface area contributed by atoms with Gasteiger partial charge < -0.3 is 29.4 Å². The minimum absolute atomic E-state index is 0.0823. The van der Waals surface area contributed by atoms with E-state index in [0.29, 0.717) is 23.1 Å². The monoisotopic (exact) mass is 568 g/mol. The molecule has 4 unspecified atom stereocenters. The number of aromatic nitrogens is 1. The number of pyridine rings is 1. The molecule has 0 radical (unpaired) electrons. The minimum atomic E-state index is -1.13. The van der Waals surface area contributed by atoms with Gasteiger partial charge in [0, 0.05) is 34.8 Å². The van der Waals surface area contributed by atoms with E-state index in [2.05, 4.69) is 17.2 Å². The van der Waals surface area contributed by atoms with Crippen molar-refractivity contribution in [2.45, 2.75) is 57.8 Å². The summed E-state index contributed by atoms with van der Waals surface area (Å²) in [4.78, 5) is 29.8. The third-order valence-electron chi connectivity index (χ3n) is 6.31. The molecule has 1 amide bonds. The summed E-state index contributed by atoms with van der Waals surface area (Å²) in [6, 6.07) is 5.60. The van der Waals surface area contributed by atoms with Crippen LogP contribution in [0.4, 0.5) is 0 Å². The molecule has 0 saturated carbocycles. The third-order valence-corrected chi connectivity index (χ3v) is 6.90. The molecule has 0 aliphatic carbocycles. The van der Waals surface area contributed by atoms with Gasteiger partial charge in [0.15, 0.2) is 23.2 Å². The molecule has 0 spiro atoms. The molecule has 0 bridgehead atoms. The number of unbranched alkanes of at least 4 members (excludes halogenated alkanes) is 2. The van der Waals surface area contributed by atoms with Gasteiger partial charge in [-0.2, -0.15) is 0 Å². The van der Waals surface area contributed by atoms with Crippen molar-refractivity contribution < 1.29 is 33.6 Å². The minimum Gasteiger partial charge on any atom is -0.503 e. The van der Waals surface area contributed by atoms with Crippen LogP contribution in [0.25, 0.3) is 0 Å². The molecule has 3 rings (SSSR count). The second-order valence-electron chi connectivity index (χ2n) is 9.16. The number of hydrogen-bond donors (Lipinski definition) is 2. The smallest absolute Gasteiger partial charge is 0.331 e. The number of cyclic esters (lactones) is 1. The van der Waals surface area contributed by atoms with Gasteiger partial charge >= 0.3 is 5.97 Å². The van der Waals surface area contributed by atoms with Crippen LogP contribution in [-0.2, 0) is 25.4 Å². The van der Waals surface area contributed by atoms with E-state index in [4.69, 9.17) is 42.1 Å². The lowest BCUT2D eigenvalue weighted by atomic mass is 9.91. The second-order valence-corrected chi connectivity index (χ2v) is 10.0. The maximum absolute atomic E-state index is 13.1. The number of carbonyl (C=O) groups is 2.